The molecule has 2 aromatic rings. The highest BCUT2D eigenvalue weighted by atomic mass is 16.3. The number of phenols is 1. The van der Waals surface area contributed by atoms with Crippen molar-refractivity contribution in [3.05, 3.63) is 57.8 Å². The van der Waals surface area contributed by atoms with Gasteiger partial charge in [0.1, 0.15) is 23.7 Å². The molecule has 3 rings (SSSR count). The number of pyridine rings is 1. The average Bonchev–Trinajstić information content (AvgIpc) is 2.79. The summed E-state index contributed by atoms with van der Waals surface area (Å²) in [6.45, 7) is 3.65. The number of hydrogen-bond acceptors (Lipinski definition) is 5. The van der Waals surface area contributed by atoms with Gasteiger partial charge in [0.05, 0.1) is 16.8 Å². The highest BCUT2D eigenvalue weighted by molar-refractivity contribution is 6.08. The zero-order valence-electron chi connectivity index (χ0n) is 13.3. The van der Waals surface area contributed by atoms with Gasteiger partial charge >= 0.3 is 0 Å². The molecule has 116 valence electrons. The Morgan fingerprint density at radius 3 is 2.58 bits per heavy atom. The number of benzene rings is 1. The Morgan fingerprint density at radius 1 is 1.21 bits per heavy atom. The van der Waals surface area contributed by atoms with Crippen molar-refractivity contribution in [2.75, 3.05) is 5.73 Å². The minimum atomic E-state index is 0.132. The number of phenolic OH excluding ortho intramolecular Hbond substituents is 1. The molecular weight excluding hydrogens is 300 g/mol. The fourth-order valence-corrected chi connectivity index (χ4v) is 2.98. The molecule has 0 atom stereocenters. The molecule has 0 bridgehead atoms. The van der Waals surface area contributed by atoms with Gasteiger partial charge in [-0.3, -0.25) is 0 Å². The standard InChI is InChI=1S/C19H14N4O/c1-10-14(7-12-4-3-5-13(24)6-12)17-11(2)16(9-21)19(22)23-18(17)15(10)8-20/h3-7,24H,1-2H3,(H2,22,23)/b14-7+. The third kappa shape index (κ3) is 2.20. The number of nitriles is 2. The average molecular weight is 314 g/mol. The Balaban J connectivity index is 2.34. The SMILES string of the molecule is CC1=C(C#N)c2nc(N)c(C#N)c(C)c2/C1=C/c1cccc(O)c1. The van der Waals surface area contributed by atoms with Crippen molar-refractivity contribution in [1.82, 2.24) is 4.98 Å². The van der Waals surface area contributed by atoms with Crippen molar-refractivity contribution < 1.29 is 5.11 Å². The summed E-state index contributed by atoms with van der Waals surface area (Å²) in [5, 5.41) is 28.5. The molecule has 1 aliphatic rings. The number of nitrogens with two attached hydrogens (primary N) is 1. The number of hydrogen-bond donors (Lipinski definition) is 2. The van der Waals surface area contributed by atoms with Crippen LogP contribution in [0.1, 0.15) is 34.9 Å². The van der Waals surface area contributed by atoms with Crippen LogP contribution >= 0.6 is 0 Å². The topological polar surface area (TPSA) is 107 Å². The second kappa shape index (κ2) is 5.57. The fraction of sp³-hybridized carbons (Fsp3) is 0.105. The van der Waals surface area contributed by atoms with Crippen molar-refractivity contribution in [1.29, 1.82) is 10.5 Å². The Bertz CT molecular complexity index is 1020. The Hall–Kier alpha value is -3.57. The quantitative estimate of drug-likeness (QED) is 0.839. The van der Waals surface area contributed by atoms with Gasteiger partial charge in [-0.15, -0.1) is 0 Å². The number of nitrogen functional groups attached to an aromatic ring is 1. The molecule has 5 heteroatoms. The molecule has 1 aromatic heterocycles. The predicted molar refractivity (Wildman–Crippen MR) is 92.3 cm³/mol. The third-order valence-corrected chi connectivity index (χ3v) is 4.17. The Kier molecular flexibility index (Phi) is 3.56. The zero-order chi connectivity index (χ0) is 17.4. The van der Waals surface area contributed by atoms with Crippen LogP contribution in [0.4, 0.5) is 5.82 Å². The maximum Gasteiger partial charge on any atom is 0.142 e. The first-order chi connectivity index (χ1) is 11.5. The van der Waals surface area contributed by atoms with E-state index in [0.29, 0.717) is 22.4 Å². The van der Waals surface area contributed by atoms with E-state index in [9.17, 15) is 15.6 Å². The van der Waals surface area contributed by atoms with Gasteiger partial charge in [0.25, 0.3) is 0 Å². The first-order valence-corrected chi connectivity index (χ1v) is 7.31. The summed E-state index contributed by atoms with van der Waals surface area (Å²) in [7, 11) is 0. The largest absolute Gasteiger partial charge is 0.508 e. The minimum Gasteiger partial charge on any atom is -0.508 e. The van der Waals surface area contributed by atoms with Gasteiger partial charge < -0.3 is 10.8 Å². The summed E-state index contributed by atoms with van der Waals surface area (Å²) >= 11 is 0. The smallest absolute Gasteiger partial charge is 0.142 e. The van der Waals surface area contributed by atoms with E-state index >= 15 is 0 Å². The molecule has 1 aromatic carbocycles. The van der Waals surface area contributed by atoms with Crippen LogP contribution in [-0.2, 0) is 0 Å². The molecule has 0 fully saturated rings. The zero-order valence-corrected chi connectivity index (χ0v) is 13.3. The van der Waals surface area contributed by atoms with Gasteiger partial charge in [-0.05, 0) is 54.3 Å². The van der Waals surface area contributed by atoms with Crippen molar-refractivity contribution in [2.24, 2.45) is 0 Å². The van der Waals surface area contributed by atoms with E-state index in [1.807, 2.05) is 19.1 Å². The van der Waals surface area contributed by atoms with Gasteiger partial charge in [0.15, 0.2) is 0 Å². The number of rotatable bonds is 1. The highest BCUT2D eigenvalue weighted by Crippen LogP contribution is 2.44. The molecule has 5 nitrogen and oxygen atoms in total. The van der Waals surface area contributed by atoms with Crippen LogP contribution in [-0.4, -0.2) is 10.1 Å². The van der Waals surface area contributed by atoms with Crippen LogP contribution in [0.15, 0.2) is 29.8 Å². The number of aromatic nitrogens is 1. The van der Waals surface area contributed by atoms with E-state index in [1.165, 1.54) is 0 Å². The lowest BCUT2D eigenvalue weighted by molar-refractivity contribution is 0.475. The summed E-state index contributed by atoms with van der Waals surface area (Å²) in [6.07, 6.45) is 1.88. The molecule has 0 radical (unpaired) electrons. The van der Waals surface area contributed by atoms with E-state index in [4.69, 9.17) is 5.73 Å². The van der Waals surface area contributed by atoms with Crippen molar-refractivity contribution >= 4 is 23.0 Å². The van der Waals surface area contributed by atoms with Gasteiger partial charge in [0, 0.05) is 5.56 Å². The molecule has 1 aliphatic carbocycles. The molecule has 24 heavy (non-hydrogen) atoms. The van der Waals surface area contributed by atoms with Crippen LogP contribution in [0, 0.1) is 29.6 Å². The summed E-state index contributed by atoms with van der Waals surface area (Å²) in [5.41, 5.74) is 11.0. The molecule has 0 aliphatic heterocycles. The van der Waals surface area contributed by atoms with E-state index in [-0.39, 0.29) is 11.6 Å². The Labute approximate surface area is 139 Å². The maximum absolute atomic E-state index is 9.65. The molecule has 0 unspecified atom stereocenters. The van der Waals surface area contributed by atoms with Gasteiger partial charge in [-0.1, -0.05) is 12.1 Å². The second-order valence-electron chi connectivity index (χ2n) is 5.60. The van der Waals surface area contributed by atoms with Crippen LogP contribution in [0.3, 0.4) is 0 Å². The monoisotopic (exact) mass is 314 g/mol. The lowest BCUT2D eigenvalue weighted by Crippen LogP contribution is -2.03. The fourth-order valence-electron chi connectivity index (χ4n) is 2.98. The van der Waals surface area contributed by atoms with Gasteiger partial charge in [-0.2, -0.15) is 10.5 Å². The first-order valence-electron chi connectivity index (χ1n) is 7.31. The molecule has 0 saturated carbocycles. The molecule has 0 saturated heterocycles. The number of nitrogens with zero attached hydrogens (tertiary/aromatic N) is 3. The van der Waals surface area contributed by atoms with Gasteiger partial charge in [0.2, 0.25) is 0 Å². The minimum absolute atomic E-state index is 0.132. The molecule has 3 N–H and O–H groups in total. The maximum atomic E-state index is 9.65. The lowest BCUT2D eigenvalue weighted by Gasteiger charge is -2.11. The highest BCUT2D eigenvalue weighted by Gasteiger charge is 2.29. The summed E-state index contributed by atoms with van der Waals surface area (Å²) in [5.74, 6) is 0.294. The van der Waals surface area contributed by atoms with E-state index < -0.39 is 0 Å². The number of fused-ring (bicyclic) bond motifs is 1. The van der Waals surface area contributed by atoms with E-state index in [2.05, 4.69) is 17.1 Å². The first kappa shape index (κ1) is 15.3. The van der Waals surface area contributed by atoms with Crippen molar-refractivity contribution in [2.45, 2.75) is 13.8 Å². The van der Waals surface area contributed by atoms with Crippen molar-refractivity contribution in [3.8, 4) is 17.9 Å². The normalized spacial score (nSPS) is 14.4. The van der Waals surface area contributed by atoms with Gasteiger partial charge in [-0.25, -0.2) is 4.98 Å². The predicted octanol–water partition coefficient (Wildman–Crippen LogP) is 3.40. The van der Waals surface area contributed by atoms with Crippen LogP contribution < -0.4 is 5.73 Å². The summed E-state index contributed by atoms with van der Waals surface area (Å²) < 4.78 is 0. The number of anilines is 1. The molecule has 1 heterocycles. The second-order valence-corrected chi connectivity index (χ2v) is 5.60. The lowest BCUT2D eigenvalue weighted by atomic mass is 9.95. The summed E-state index contributed by atoms with van der Waals surface area (Å²) in [6, 6.07) is 11.1. The molecule has 0 spiro atoms. The van der Waals surface area contributed by atoms with Crippen LogP contribution in [0.25, 0.3) is 17.2 Å². The van der Waals surface area contributed by atoms with Crippen LogP contribution in [0.2, 0.25) is 0 Å². The summed E-state index contributed by atoms with van der Waals surface area (Å²) in [4.78, 5) is 4.28. The third-order valence-electron chi connectivity index (χ3n) is 4.17. The number of allylic oxidation sites excluding steroid dienone is 3. The number of aromatic hydroxyl groups is 1. The Morgan fingerprint density at radius 2 is 1.96 bits per heavy atom. The van der Waals surface area contributed by atoms with Crippen LogP contribution in [0.5, 0.6) is 5.75 Å². The van der Waals surface area contributed by atoms with E-state index in [0.717, 1.165) is 22.3 Å². The molecule has 0 amide bonds. The molecular formula is C19H14N4O. The van der Waals surface area contributed by atoms with Crippen molar-refractivity contribution in [3.63, 3.8) is 0 Å². The van der Waals surface area contributed by atoms with E-state index in [1.54, 1.807) is 25.1 Å².